The first-order chi connectivity index (χ1) is 13.7. The molecule has 152 valence electrons. The van der Waals surface area contributed by atoms with Gasteiger partial charge in [-0.3, -0.25) is 19.7 Å². The molecule has 1 fully saturated rings. The second kappa shape index (κ2) is 7.97. The van der Waals surface area contributed by atoms with Crippen molar-refractivity contribution in [2.24, 2.45) is 5.73 Å². The van der Waals surface area contributed by atoms with Gasteiger partial charge in [-0.2, -0.15) is 4.31 Å². The summed E-state index contributed by atoms with van der Waals surface area (Å²) < 4.78 is 26.7. The number of carbonyl (C=O) groups is 2. The molecule has 0 radical (unpaired) electrons. The van der Waals surface area contributed by atoms with Gasteiger partial charge in [0.05, 0.1) is 9.82 Å². The molecule has 10 nitrogen and oxygen atoms in total. The molecule has 0 spiro atoms. The molecule has 29 heavy (non-hydrogen) atoms. The van der Waals surface area contributed by atoms with Crippen LogP contribution in [0, 0.1) is 10.1 Å². The van der Waals surface area contributed by atoms with Gasteiger partial charge in [0, 0.05) is 49.4 Å². The molecule has 0 atom stereocenters. The molecule has 2 aromatic carbocycles. The van der Waals surface area contributed by atoms with Crippen molar-refractivity contribution in [3.8, 4) is 0 Å². The van der Waals surface area contributed by atoms with Gasteiger partial charge in [0.15, 0.2) is 0 Å². The highest BCUT2D eigenvalue weighted by Crippen LogP contribution is 2.22. The maximum absolute atomic E-state index is 12.8. The van der Waals surface area contributed by atoms with Crippen LogP contribution in [0.4, 0.5) is 5.69 Å². The van der Waals surface area contributed by atoms with Gasteiger partial charge >= 0.3 is 0 Å². The number of hydrogen-bond donors (Lipinski definition) is 1. The van der Waals surface area contributed by atoms with Crippen molar-refractivity contribution < 1.29 is 22.9 Å². The Kier molecular flexibility index (Phi) is 5.62. The van der Waals surface area contributed by atoms with Crippen LogP contribution in [0.3, 0.4) is 0 Å². The third-order valence-corrected chi connectivity index (χ3v) is 6.48. The van der Waals surface area contributed by atoms with Crippen LogP contribution < -0.4 is 5.73 Å². The lowest BCUT2D eigenvalue weighted by Crippen LogP contribution is -2.50. The maximum atomic E-state index is 12.8. The summed E-state index contributed by atoms with van der Waals surface area (Å²) >= 11 is 0. The molecule has 1 saturated heterocycles. The van der Waals surface area contributed by atoms with Gasteiger partial charge in [-0.15, -0.1) is 0 Å². The zero-order chi connectivity index (χ0) is 21.2. The van der Waals surface area contributed by atoms with Crippen LogP contribution in [0.5, 0.6) is 0 Å². The average Bonchev–Trinajstić information content (AvgIpc) is 2.73. The average molecular weight is 418 g/mol. The Balaban J connectivity index is 1.72. The van der Waals surface area contributed by atoms with Crippen LogP contribution in [-0.4, -0.2) is 60.5 Å². The highest BCUT2D eigenvalue weighted by Gasteiger charge is 2.31. The predicted molar refractivity (Wildman–Crippen MR) is 103 cm³/mol. The number of sulfonamides is 1. The van der Waals surface area contributed by atoms with Crippen molar-refractivity contribution in [1.29, 1.82) is 0 Å². The van der Waals surface area contributed by atoms with E-state index in [0.717, 1.165) is 6.07 Å². The normalized spacial score (nSPS) is 15.1. The molecule has 0 bridgehead atoms. The molecule has 11 heteroatoms. The number of primary amides is 1. The summed E-state index contributed by atoms with van der Waals surface area (Å²) in [6.07, 6.45) is 0. The zero-order valence-corrected chi connectivity index (χ0v) is 16.0. The number of nitro benzene ring substituents is 1. The summed E-state index contributed by atoms with van der Waals surface area (Å²) in [7, 11) is -3.92. The van der Waals surface area contributed by atoms with E-state index in [4.69, 9.17) is 5.73 Å². The fourth-order valence-corrected chi connectivity index (χ4v) is 4.49. The fourth-order valence-electron chi connectivity index (χ4n) is 3.03. The molecule has 1 aliphatic rings. The number of hydrogen-bond acceptors (Lipinski definition) is 6. The maximum Gasteiger partial charge on any atom is 0.270 e. The quantitative estimate of drug-likeness (QED) is 0.563. The van der Waals surface area contributed by atoms with Gasteiger partial charge in [0.2, 0.25) is 15.9 Å². The molecule has 0 saturated carbocycles. The van der Waals surface area contributed by atoms with Gasteiger partial charge in [0.1, 0.15) is 0 Å². The Morgan fingerprint density at radius 1 is 0.966 bits per heavy atom. The number of rotatable bonds is 5. The molecule has 1 heterocycles. The van der Waals surface area contributed by atoms with E-state index in [9.17, 15) is 28.1 Å². The number of carbonyl (C=O) groups excluding carboxylic acids is 2. The van der Waals surface area contributed by atoms with Crippen molar-refractivity contribution in [3.05, 3.63) is 69.8 Å². The summed E-state index contributed by atoms with van der Waals surface area (Å²) in [6.45, 7) is 0.389. The molecule has 1 aliphatic heterocycles. The van der Waals surface area contributed by atoms with E-state index in [1.807, 2.05) is 0 Å². The van der Waals surface area contributed by atoms with Gasteiger partial charge in [0.25, 0.3) is 11.6 Å². The van der Waals surface area contributed by atoms with E-state index >= 15 is 0 Å². The van der Waals surface area contributed by atoms with Crippen LogP contribution in [0.1, 0.15) is 20.7 Å². The van der Waals surface area contributed by atoms with Gasteiger partial charge in [-0.25, -0.2) is 8.42 Å². The predicted octanol–water partition coefficient (Wildman–Crippen LogP) is 0.840. The minimum Gasteiger partial charge on any atom is -0.366 e. The highest BCUT2D eigenvalue weighted by atomic mass is 32.2. The summed E-state index contributed by atoms with van der Waals surface area (Å²) in [5.74, 6) is -0.979. The molecular formula is C18H18N4O6S. The van der Waals surface area contributed by atoms with Gasteiger partial charge < -0.3 is 10.6 Å². The lowest BCUT2D eigenvalue weighted by atomic mass is 10.1. The molecule has 2 aromatic rings. The van der Waals surface area contributed by atoms with Crippen molar-refractivity contribution in [2.75, 3.05) is 26.2 Å². The van der Waals surface area contributed by atoms with E-state index in [-0.39, 0.29) is 53.8 Å². The van der Waals surface area contributed by atoms with Crippen LogP contribution in [-0.2, 0) is 10.0 Å². The number of nitrogens with two attached hydrogens (primary N) is 1. The Bertz CT molecular complexity index is 1080. The van der Waals surface area contributed by atoms with E-state index in [1.165, 1.54) is 39.5 Å². The van der Waals surface area contributed by atoms with Crippen molar-refractivity contribution >= 4 is 27.5 Å². The molecule has 0 unspecified atom stereocenters. The van der Waals surface area contributed by atoms with Gasteiger partial charge in [-0.05, 0) is 24.3 Å². The Hall–Kier alpha value is -3.31. The Labute approximate surface area is 166 Å². The molecular weight excluding hydrogens is 400 g/mol. The van der Waals surface area contributed by atoms with Crippen LogP contribution in [0.15, 0.2) is 53.4 Å². The number of piperazine rings is 1. The lowest BCUT2D eigenvalue weighted by molar-refractivity contribution is -0.385. The summed E-state index contributed by atoms with van der Waals surface area (Å²) in [6, 6.07) is 10.9. The summed E-state index contributed by atoms with van der Waals surface area (Å²) in [5, 5.41) is 10.9. The SMILES string of the molecule is NC(=O)c1cccc(C(=O)N2CCN(S(=O)(=O)c3cccc([N+](=O)[O-])c3)CC2)c1. The van der Waals surface area contributed by atoms with Crippen LogP contribution in [0.2, 0.25) is 0 Å². The van der Waals surface area contributed by atoms with E-state index in [1.54, 1.807) is 12.1 Å². The van der Waals surface area contributed by atoms with Crippen LogP contribution >= 0.6 is 0 Å². The zero-order valence-electron chi connectivity index (χ0n) is 15.2. The smallest absolute Gasteiger partial charge is 0.270 e. The molecule has 0 aromatic heterocycles. The van der Waals surface area contributed by atoms with E-state index in [0.29, 0.717) is 0 Å². The first-order valence-corrected chi connectivity index (χ1v) is 10.1. The number of nitrogens with zero attached hydrogens (tertiary/aromatic N) is 3. The standard InChI is InChI=1S/C18H18N4O6S/c19-17(23)13-3-1-4-14(11-13)18(24)20-7-9-21(10-8-20)29(27,28)16-6-2-5-15(12-16)22(25)26/h1-6,11-12H,7-10H2,(H2,19,23). The number of non-ortho nitro benzene ring substituents is 1. The number of nitro groups is 1. The lowest BCUT2D eigenvalue weighted by Gasteiger charge is -2.34. The number of benzene rings is 2. The van der Waals surface area contributed by atoms with Crippen molar-refractivity contribution in [3.63, 3.8) is 0 Å². The van der Waals surface area contributed by atoms with Gasteiger partial charge in [-0.1, -0.05) is 12.1 Å². The first kappa shape index (κ1) is 20.4. The molecule has 3 rings (SSSR count). The van der Waals surface area contributed by atoms with Crippen molar-refractivity contribution in [2.45, 2.75) is 4.90 Å². The second-order valence-corrected chi connectivity index (χ2v) is 8.33. The Morgan fingerprint density at radius 2 is 1.59 bits per heavy atom. The van der Waals surface area contributed by atoms with E-state index < -0.39 is 20.9 Å². The largest absolute Gasteiger partial charge is 0.366 e. The molecule has 2 N–H and O–H groups in total. The number of amides is 2. The molecule has 0 aliphatic carbocycles. The minimum absolute atomic E-state index is 0.0479. The van der Waals surface area contributed by atoms with E-state index in [2.05, 4.69) is 0 Å². The second-order valence-electron chi connectivity index (χ2n) is 6.40. The third-order valence-electron chi connectivity index (χ3n) is 4.59. The summed E-state index contributed by atoms with van der Waals surface area (Å²) in [4.78, 5) is 35.5. The highest BCUT2D eigenvalue weighted by molar-refractivity contribution is 7.89. The fraction of sp³-hybridized carbons (Fsp3) is 0.222. The summed E-state index contributed by atoms with van der Waals surface area (Å²) in [5.41, 5.74) is 5.42. The van der Waals surface area contributed by atoms with Crippen LogP contribution in [0.25, 0.3) is 0 Å². The molecule has 2 amide bonds. The Morgan fingerprint density at radius 3 is 2.21 bits per heavy atom. The van der Waals surface area contributed by atoms with Crippen molar-refractivity contribution in [1.82, 2.24) is 9.21 Å². The monoisotopic (exact) mass is 418 g/mol. The third kappa shape index (κ3) is 4.25. The topological polar surface area (TPSA) is 144 Å². The minimum atomic E-state index is -3.92. The first-order valence-electron chi connectivity index (χ1n) is 8.64.